The molecule has 3 unspecified atom stereocenters. The third kappa shape index (κ3) is 3.57. The van der Waals surface area contributed by atoms with E-state index in [0.717, 1.165) is 50.5 Å². The standard InChI is InChI=1S/C23H36O5/c1-15-8-11-18-22(2,12-7-13-23(18,3)21(24)27-6)17(15)10-9-16-14-19(25-4)28-20(16)26-5/h14,17-20H,1,7-13H2,2-6H3/t17-,18?,19?,20?,22+,23-/m0/s1. The molecule has 0 saturated heterocycles. The summed E-state index contributed by atoms with van der Waals surface area (Å²) in [6, 6.07) is 0. The zero-order valence-electron chi connectivity index (χ0n) is 18.1. The van der Waals surface area contributed by atoms with E-state index in [0.29, 0.717) is 11.8 Å². The molecule has 6 atom stereocenters. The molecule has 0 aromatic heterocycles. The summed E-state index contributed by atoms with van der Waals surface area (Å²) < 4.78 is 21.7. The summed E-state index contributed by atoms with van der Waals surface area (Å²) in [7, 11) is 4.82. The number of allylic oxidation sites excluding steroid dienone is 1. The van der Waals surface area contributed by atoms with Crippen molar-refractivity contribution in [3.05, 3.63) is 23.8 Å². The van der Waals surface area contributed by atoms with E-state index in [1.807, 2.05) is 6.08 Å². The lowest BCUT2D eigenvalue weighted by molar-refractivity contribution is -0.177. The van der Waals surface area contributed by atoms with Crippen LogP contribution in [0.25, 0.3) is 0 Å². The van der Waals surface area contributed by atoms with Crippen molar-refractivity contribution < 1.29 is 23.7 Å². The molecule has 5 heteroatoms. The minimum Gasteiger partial charge on any atom is -0.469 e. The Bertz CT molecular complexity index is 641. The fraction of sp³-hybridized carbons (Fsp3) is 0.783. The number of esters is 1. The Hall–Kier alpha value is -1.17. The number of carbonyl (C=O) groups excluding carboxylic acids is 1. The Balaban J connectivity index is 1.80. The summed E-state index contributed by atoms with van der Waals surface area (Å²) in [5.74, 6) is 0.662. The summed E-state index contributed by atoms with van der Waals surface area (Å²) in [5, 5.41) is 0. The molecule has 2 saturated carbocycles. The molecule has 5 nitrogen and oxygen atoms in total. The highest BCUT2D eigenvalue weighted by atomic mass is 16.8. The van der Waals surface area contributed by atoms with E-state index in [2.05, 4.69) is 20.4 Å². The van der Waals surface area contributed by atoms with E-state index in [1.54, 1.807) is 14.2 Å². The molecule has 3 rings (SSSR count). The van der Waals surface area contributed by atoms with Crippen molar-refractivity contribution in [2.24, 2.45) is 22.7 Å². The number of methoxy groups -OCH3 is 3. The zero-order chi connectivity index (χ0) is 20.5. The van der Waals surface area contributed by atoms with Gasteiger partial charge in [0.15, 0.2) is 12.6 Å². The maximum atomic E-state index is 12.7. The molecule has 1 heterocycles. The smallest absolute Gasteiger partial charge is 0.311 e. The summed E-state index contributed by atoms with van der Waals surface area (Å²) >= 11 is 0. The van der Waals surface area contributed by atoms with Gasteiger partial charge in [-0.1, -0.05) is 25.5 Å². The average molecular weight is 393 g/mol. The van der Waals surface area contributed by atoms with Crippen LogP contribution in [0.5, 0.6) is 0 Å². The van der Waals surface area contributed by atoms with E-state index in [1.165, 1.54) is 12.7 Å². The fourth-order valence-corrected chi connectivity index (χ4v) is 6.30. The van der Waals surface area contributed by atoms with Gasteiger partial charge < -0.3 is 18.9 Å². The monoisotopic (exact) mass is 392 g/mol. The van der Waals surface area contributed by atoms with Gasteiger partial charge in [-0.05, 0) is 74.3 Å². The Labute approximate surface area is 169 Å². The molecule has 2 fully saturated rings. The van der Waals surface area contributed by atoms with Crippen molar-refractivity contribution in [1.82, 2.24) is 0 Å². The van der Waals surface area contributed by atoms with E-state index in [9.17, 15) is 4.79 Å². The van der Waals surface area contributed by atoms with Gasteiger partial charge >= 0.3 is 5.97 Å². The lowest BCUT2D eigenvalue weighted by Gasteiger charge is -2.57. The maximum Gasteiger partial charge on any atom is 0.311 e. The SMILES string of the molecule is C=C1CCC2[C@](C)(CCC[C@]2(C)C(=O)OC)[C@H]1CCC1=CC(OC)OC1OC. The minimum atomic E-state index is -0.396. The number of fused-ring (bicyclic) bond motifs is 1. The number of carbonyl (C=O) groups is 1. The molecule has 1 aliphatic heterocycles. The first-order chi connectivity index (χ1) is 13.3. The first-order valence-electron chi connectivity index (χ1n) is 10.5. The van der Waals surface area contributed by atoms with Crippen molar-refractivity contribution in [3.8, 4) is 0 Å². The van der Waals surface area contributed by atoms with Crippen molar-refractivity contribution in [1.29, 1.82) is 0 Å². The van der Waals surface area contributed by atoms with E-state index in [-0.39, 0.29) is 24.0 Å². The fourth-order valence-electron chi connectivity index (χ4n) is 6.30. The highest BCUT2D eigenvalue weighted by Gasteiger charge is 2.57. The van der Waals surface area contributed by atoms with Gasteiger partial charge in [-0.2, -0.15) is 0 Å². The Morgan fingerprint density at radius 3 is 2.64 bits per heavy atom. The zero-order valence-corrected chi connectivity index (χ0v) is 18.1. The second kappa shape index (κ2) is 8.29. The summed E-state index contributed by atoms with van der Waals surface area (Å²) in [6.45, 7) is 8.93. The van der Waals surface area contributed by atoms with E-state index < -0.39 is 5.41 Å². The van der Waals surface area contributed by atoms with Gasteiger partial charge in [-0.15, -0.1) is 0 Å². The summed E-state index contributed by atoms with van der Waals surface area (Å²) in [5.41, 5.74) is 2.14. The van der Waals surface area contributed by atoms with Crippen LogP contribution in [-0.4, -0.2) is 39.9 Å². The van der Waals surface area contributed by atoms with E-state index >= 15 is 0 Å². The molecule has 3 aliphatic rings. The molecule has 158 valence electrons. The van der Waals surface area contributed by atoms with Crippen molar-refractivity contribution >= 4 is 5.97 Å². The van der Waals surface area contributed by atoms with Gasteiger partial charge in [-0.25, -0.2) is 0 Å². The lowest BCUT2D eigenvalue weighted by Crippen LogP contribution is -2.53. The van der Waals surface area contributed by atoms with Crippen LogP contribution in [0.15, 0.2) is 23.8 Å². The van der Waals surface area contributed by atoms with Crippen LogP contribution in [0, 0.1) is 22.7 Å². The van der Waals surface area contributed by atoms with Crippen molar-refractivity contribution in [3.63, 3.8) is 0 Å². The van der Waals surface area contributed by atoms with Crippen molar-refractivity contribution in [2.45, 2.75) is 71.4 Å². The van der Waals surface area contributed by atoms with Crippen molar-refractivity contribution in [2.75, 3.05) is 21.3 Å². The molecule has 0 aromatic carbocycles. The number of rotatable bonds is 6. The molecule has 0 spiro atoms. The number of hydrogen-bond acceptors (Lipinski definition) is 5. The molecule has 2 aliphatic carbocycles. The van der Waals surface area contributed by atoms with Gasteiger partial charge in [0.25, 0.3) is 0 Å². The Morgan fingerprint density at radius 2 is 2.00 bits per heavy atom. The van der Waals surface area contributed by atoms with Crippen LogP contribution < -0.4 is 0 Å². The van der Waals surface area contributed by atoms with Crippen LogP contribution >= 0.6 is 0 Å². The first-order valence-corrected chi connectivity index (χ1v) is 10.5. The average Bonchev–Trinajstić information content (AvgIpc) is 3.08. The molecular weight excluding hydrogens is 356 g/mol. The Morgan fingerprint density at radius 1 is 1.25 bits per heavy atom. The van der Waals surface area contributed by atoms with Crippen LogP contribution in [0.4, 0.5) is 0 Å². The highest BCUT2D eigenvalue weighted by Crippen LogP contribution is 2.62. The normalized spacial score (nSPS) is 40.8. The molecule has 0 amide bonds. The number of ether oxygens (including phenoxy) is 4. The Kier molecular flexibility index (Phi) is 6.38. The van der Waals surface area contributed by atoms with Crippen LogP contribution in [0.3, 0.4) is 0 Å². The minimum absolute atomic E-state index is 0.0519. The maximum absolute atomic E-state index is 12.7. The topological polar surface area (TPSA) is 54.0 Å². The second-order valence-corrected chi connectivity index (χ2v) is 9.16. The largest absolute Gasteiger partial charge is 0.469 e. The number of hydrogen-bond donors (Lipinski definition) is 0. The van der Waals surface area contributed by atoms with Gasteiger partial charge in [0, 0.05) is 14.2 Å². The highest BCUT2D eigenvalue weighted by molar-refractivity contribution is 5.77. The molecule has 0 aromatic rings. The van der Waals surface area contributed by atoms with Gasteiger partial charge in [0.1, 0.15) is 0 Å². The van der Waals surface area contributed by atoms with Gasteiger partial charge in [-0.3, -0.25) is 4.79 Å². The predicted molar refractivity (Wildman–Crippen MR) is 107 cm³/mol. The molecule has 28 heavy (non-hydrogen) atoms. The first kappa shape index (κ1) is 21.5. The summed E-state index contributed by atoms with van der Waals surface area (Å²) in [6.07, 6.45) is 8.36. The molecule has 0 N–H and O–H groups in total. The van der Waals surface area contributed by atoms with Gasteiger partial charge in [0.05, 0.1) is 12.5 Å². The third-order valence-electron chi connectivity index (χ3n) is 7.75. The predicted octanol–water partition coefficient (Wildman–Crippen LogP) is 4.62. The van der Waals surface area contributed by atoms with Crippen LogP contribution in [0.2, 0.25) is 0 Å². The van der Waals surface area contributed by atoms with E-state index in [4.69, 9.17) is 18.9 Å². The summed E-state index contributed by atoms with van der Waals surface area (Å²) in [4.78, 5) is 12.7. The van der Waals surface area contributed by atoms with Gasteiger partial charge in [0.2, 0.25) is 0 Å². The quantitative estimate of drug-likeness (QED) is 0.488. The molecule has 0 bridgehead atoms. The third-order valence-corrected chi connectivity index (χ3v) is 7.75. The lowest BCUT2D eigenvalue weighted by atomic mass is 9.46. The van der Waals surface area contributed by atoms with Crippen LogP contribution in [-0.2, 0) is 23.7 Å². The molecular formula is C23H36O5. The second-order valence-electron chi connectivity index (χ2n) is 9.16. The van der Waals surface area contributed by atoms with Crippen LogP contribution in [0.1, 0.15) is 58.8 Å². The molecule has 0 radical (unpaired) electrons.